The first-order valence-corrected chi connectivity index (χ1v) is 8.91. The molecule has 7 heteroatoms. The first-order chi connectivity index (χ1) is 9.06. The number of sulfone groups is 1. The monoisotopic (exact) mass is 321 g/mol. The zero-order valence-electron chi connectivity index (χ0n) is 13.0. The van der Waals surface area contributed by atoms with Crippen LogP contribution in [-0.4, -0.2) is 42.3 Å². The molecule has 0 aliphatic rings. The predicted octanol–water partition coefficient (Wildman–Crippen LogP) is 1.82. The molecule has 1 heterocycles. The molecule has 0 spiro atoms. The number of hydrogen-bond acceptors (Lipinski definition) is 4. The van der Waals surface area contributed by atoms with E-state index in [2.05, 4.69) is 10.4 Å². The van der Waals surface area contributed by atoms with Crippen molar-refractivity contribution in [2.45, 2.75) is 51.4 Å². The lowest BCUT2D eigenvalue weighted by molar-refractivity contribution is 0.420. The summed E-state index contributed by atoms with van der Waals surface area (Å²) in [6.07, 6.45) is 1.78. The Morgan fingerprint density at radius 2 is 2.00 bits per heavy atom. The molecule has 116 valence electrons. The quantitative estimate of drug-likeness (QED) is 0.868. The average Bonchev–Trinajstić information content (AvgIpc) is 2.61. The summed E-state index contributed by atoms with van der Waals surface area (Å²) in [6.45, 7) is 8.02. The molecule has 1 unspecified atom stereocenters. The molecule has 0 bridgehead atoms. The van der Waals surface area contributed by atoms with Gasteiger partial charge in [0.25, 0.3) is 0 Å². The molecule has 1 aromatic rings. The second-order valence-corrected chi connectivity index (χ2v) is 8.56. The molecule has 0 aromatic carbocycles. The Balaban J connectivity index is 3.19. The third kappa shape index (κ3) is 3.18. The van der Waals surface area contributed by atoms with Gasteiger partial charge in [-0.25, -0.2) is 8.42 Å². The highest BCUT2D eigenvalue weighted by Crippen LogP contribution is 2.27. The van der Waals surface area contributed by atoms with Crippen molar-refractivity contribution in [3.8, 4) is 0 Å². The van der Waals surface area contributed by atoms with Gasteiger partial charge in [0, 0.05) is 25.3 Å². The van der Waals surface area contributed by atoms with Gasteiger partial charge in [0.05, 0.1) is 21.2 Å². The second-order valence-electron chi connectivity index (χ2n) is 5.58. The summed E-state index contributed by atoms with van der Waals surface area (Å²) in [7, 11) is -1.43. The van der Waals surface area contributed by atoms with Gasteiger partial charge in [-0.1, -0.05) is 11.6 Å². The van der Waals surface area contributed by atoms with Crippen molar-refractivity contribution >= 4 is 21.4 Å². The fourth-order valence-corrected chi connectivity index (χ4v) is 3.14. The Bertz CT molecular complexity index is 579. The van der Waals surface area contributed by atoms with Gasteiger partial charge in [-0.15, -0.1) is 0 Å². The molecular formula is C13H24ClN3O2S. The van der Waals surface area contributed by atoms with Gasteiger partial charge in [0.2, 0.25) is 0 Å². The minimum absolute atomic E-state index is 0.239. The van der Waals surface area contributed by atoms with Crippen LogP contribution in [0, 0.1) is 6.92 Å². The highest BCUT2D eigenvalue weighted by Gasteiger charge is 2.39. The summed E-state index contributed by atoms with van der Waals surface area (Å²) < 4.78 is 24.9. The summed E-state index contributed by atoms with van der Waals surface area (Å²) in [5.74, 6) is 0. The molecule has 1 aromatic heterocycles. The van der Waals surface area contributed by atoms with Crippen LogP contribution in [0.2, 0.25) is 5.02 Å². The number of aromatic nitrogens is 2. The third-order valence-electron chi connectivity index (χ3n) is 3.99. The predicted molar refractivity (Wildman–Crippen MR) is 83.1 cm³/mol. The highest BCUT2D eigenvalue weighted by atomic mass is 35.5. The lowest BCUT2D eigenvalue weighted by Crippen LogP contribution is -2.51. The van der Waals surface area contributed by atoms with E-state index < -0.39 is 14.6 Å². The van der Waals surface area contributed by atoms with E-state index >= 15 is 0 Å². The topological polar surface area (TPSA) is 64.0 Å². The Labute approximate surface area is 126 Å². The van der Waals surface area contributed by atoms with Crippen LogP contribution in [0.15, 0.2) is 0 Å². The van der Waals surface area contributed by atoms with Crippen LogP contribution in [0.1, 0.15) is 32.2 Å². The largest absolute Gasteiger partial charge is 0.315 e. The van der Waals surface area contributed by atoms with E-state index in [1.807, 2.05) is 18.5 Å². The van der Waals surface area contributed by atoms with Crippen LogP contribution >= 0.6 is 11.6 Å². The maximum Gasteiger partial charge on any atom is 0.154 e. The van der Waals surface area contributed by atoms with Crippen molar-refractivity contribution in [1.82, 2.24) is 15.1 Å². The van der Waals surface area contributed by atoms with Gasteiger partial charge >= 0.3 is 0 Å². The van der Waals surface area contributed by atoms with E-state index in [9.17, 15) is 8.42 Å². The molecule has 5 nitrogen and oxygen atoms in total. The van der Waals surface area contributed by atoms with E-state index in [1.54, 1.807) is 20.9 Å². The molecule has 20 heavy (non-hydrogen) atoms. The van der Waals surface area contributed by atoms with Gasteiger partial charge in [0.1, 0.15) is 0 Å². The minimum atomic E-state index is -3.19. The summed E-state index contributed by atoms with van der Waals surface area (Å²) >= 11 is 6.30. The molecule has 1 N–H and O–H groups in total. The number of nitrogens with one attached hydrogen (secondary N) is 1. The maximum absolute atomic E-state index is 12.0. The zero-order chi connectivity index (χ0) is 15.7. The molecule has 0 amide bonds. The molecular weight excluding hydrogens is 298 g/mol. The fourth-order valence-electron chi connectivity index (χ4n) is 2.21. The lowest BCUT2D eigenvalue weighted by atomic mass is 9.98. The van der Waals surface area contributed by atoms with E-state index in [1.165, 1.54) is 6.26 Å². The van der Waals surface area contributed by atoms with Crippen molar-refractivity contribution in [2.24, 2.45) is 0 Å². The van der Waals surface area contributed by atoms with Gasteiger partial charge in [0.15, 0.2) is 9.84 Å². The number of nitrogens with zero attached hydrogens (tertiary/aromatic N) is 2. The van der Waals surface area contributed by atoms with Crippen LogP contribution in [0.3, 0.4) is 0 Å². The van der Waals surface area contributed by atoms with Gasteiger partial charge < -0.3 is 5.32 Å². The standard InChI is InChI=1S/C13H24ClN3O2S/c1-7-17-10(12(14)9(2)16-17)8-11(15-5)13(3,4)20(6,18)19/h11,15H,7-8H2,1-6H3. The molecule has 1 rings (SSSR count). The van der Waals surface area contributed by atoms with E-state index in [0.29, 0.717) is 18.0 Å². The number of hydrogen-bond donors (Lipinski definition) is 1. The van der Waals surface area contributed by atoms with Crippen LogP contribution in [0.5, 0.6) is 0 Å². The van der Waals surface area contributed by atoms with Crippen LogP contribution in [0.25, 0.3) is 0 Å². The lowest BCUT2D eigenvalue weighted by Gasteiger charge is -2.32. The summed E-state index contributed by atoms with van der Waals surface area (Å²) in [5.41, 5.74) is 1.65. The molecule has 0 saturated carbocycles. The second kappa shape index (κ2) is 6.03. The Kier molecular flexibility index (Phi) is 5.27. The summed E-state index contributed by atoms with van der Waals surface area (Å²) in [5, 5.41) is 8.10. The van der Waals surface area contributed by atoms with Crippen LogP contribution in [-0.2, 0) is 22.8 Å². The normalized spacial score (nSPS) is 14.6. The van der Waals surface area contributed by atoms with Gasteiger partial charge in [-0.3, -0.25) is 4.68 Å². The Morgan fingerprint density at radius 3 is 2.40 bits per heavy atom. The molecule has 0 fully saturated rings. The van der Waals surface area contributed by atoms with Crippen molar-refractivity contribution in [2.75, 3.05) is 13.3 Å². The van der Waals surface area contributed by atoms with E-state index in [4.69, 9.17) is 11.6 Å². The first-order valence-electron chi connectivity index (χ1n) is 6.64. The smallest absolute Gasteiger partial charge is 0.154 e. The van der Waals surface area contributed by atoms with Gasteiger partial charge in [-0.2, -0.15) is 5.10 Å². The molecule has 0 aliphatic heterocycles. The van der Waals surface area contributed by atoms with E-state index in [0.717, 1.165) is 11.4 Å². The SMILES string of the molecule is CCn1nc(C)c(Cl)c1CC(NC)C(C)(C)S(C)(=O)=O. The summed E-state index contributed by atoms with van der Waals surface area (Å²) in [4.78, 5) is 0. The third-order valence-corrected chi connectivity index (χ3v) is 6.68. The molecule has 0 radical (unpaired) electrons. The molecule has 0 saturated heterocycles. The maximum atomic E-state index is 12.0. The van der Waals surface area contributed by atoms with Crippen molar-refractivity contribution < 1.29 is 8.42 Å². The number of aryl methyl sites for hydroxylation is 2. The van der Waals surface area contributed by atoms with Crippen LogP contribution < -0.4 is 5.32 Å². The van der Waals surface area contributed by atoms with Gasteiger partial charge in [-0.05, 0) is 34.7 Å². The number of rotatable bonds is 6. The average molecular weight is 322 g/mol. The molecule has 0 aliphatic carbocycles. The first kappa shape index (κ1) is 17.5. The van der Waals surface area contributed by atoms with Crippen molar-refractivity contribution in [3.63, 3.8) is 0 Å². The molecule has 1 atom stereocenters. The zero-order valence-corrected chi connectivity index (χ0v) is 14.6. The Morgan fingerprint density at radius 1 is 1.45 bits per heavy atom. The number of halogens is 1. The van der Waals surface area contributed by atoms with Crippen LogP contribution in [0.4, 0.5) is 0 Å². The highest BCUT2D eigenvalue weighted by molar-refractivity contribution is 7.92. The van der Waals surface area contributed by atoms with Crippen molar-refractivity contribution in [1.29, 1.82) is 0 Å². The minimum Gasteiger partial charge on any atom is -0.315 e. The number of likely N-dealkylation sites (N-methyl/N-ethyl adjacent to an activating group) is 1. The fraction of sp³-hybridized carbons (Fsp3) is 0.769. The summed E-state index contributed by atoms with van der Waals surface area (Å²) in [6, 6.07) is -0.239. The Hall–Kier alpha value is -0.590. The van der Waals surface area contributed by atoms with E-state index in [-0.39, 0.29) is 6.04 Å². The van der Waals surface area contributed by atoms with Crippen molar-refractivity contribution in [3.05, 3.63) is 16.4 Å².